The number of carbonyl (C=O) groups excluding carboxylic acids is 2. The van der Waals surface area contributed by atoms with E-state index in [-0.39, 0.29) is 23.7 Å². The summed E-state index contributed by atoms with van der Waals surface area (Å²) in [5, 5.41) is 0. The van der Waals surface area contributed by atoms with Crippen molar-refractivity contribution in [2.24, 2.45) is 10.7 Å². The summed E-state index contributed by atoms with van der Waals surface area (Å²) in [5.74, 6) is -0.982. The molecule has 2 aliphatic heterocycles. The number of halogens is 1. The lowest BCUT2D eigenvalue weighted by atomic mass is 9.97. The molecule has 7 nitrogen and oxygen atoms in total. The second-order valence-corrected chi connectivity index (χ2v) is 7.76. The number of hydrogen-bond acceptors (Lipinski definition) is 6. The molecule has 2 N–H and O–H groups in total. The van der Waals surface area contributed by atoms with Gasteiger partial charge >= 0.3 is 0 Å². The summed E-state index contributed by atoms with van der Waals surface area (Å²) >= 11 is 0. The standard InChI is InChI=1S/C22H24FN5O2/c1-13-19(6-5-18(25-13)22(24)30)28-9-7-27(8-10-28)12-15-3-4-17-16(21(15)23)11-20(29)14(2)26-17/h3-6H,7-12H2,1-2H3,(H2,24,30). The minimum atomic E-state index is -0.538. The van der Waals surface area contributed by atoms with E-state index in [4.69, 9.17) is 5.73 Å². The lowest BCUT2D eigenvalue weighted by Gasteiger charge is -2.36. The molecule has 1 amide bonds. The van der Waals surface area contributed by atoms with Gasteiger partial charge in [-0.25, -0.2) is 14.4 Å². The summed E-state index contributed by atoms with van der Waals surface area (Å²) in [6, 6.07) is 7.09. The number of hydrogen-bond donors (Lipinski definition) is 1. The van der Waals surface area contributed by atoms with Crippen molar-refractivity contribution in [1.82, 2.24) is 9.88 Å². The van der Waals surface area contributed by atoms with Crippen molar-refractivity contribution < 1.29 is 14.0 Å². The molecule has 30 heavy (non-hydrogen) atoms. The van der Waals surface area contributed by atoms with Gasteiger partial charge in [0, 0.05) is 50.3 Å². The molecule has 1 aromatic carbocycles. The molecule has 1 aromatic heterocycles. The fourth-order valence-corrected chi connectivity index (χ4v) is 4.00. The average Bonchev–Trinajstić information content (AvgIpc) is 2.72. The number of fused-ring (bicyclic) bond motifs is 1. The smallest absolute Gasteiger partial charge is 0.267 e. The van der Waals surface area contributed by atoms with E-state index in [9.17, 15) is 9.59 Å². The molecule has 3 heterocycles. The minimum absolute atomic E-state index is 0.0751. The van der Waals surface area contributed by atoms with Crippen LogP contribution in [0.3, 0.4) is 0 Å². The number of aryl methyl sites for hydroxylation is 1. The Balaban J connectivity index is 1.43. The summed E-state index contributed by atoms with van der Waals surface area (Å²) in [5.41, 5.74) is 9.27. The first kappa shape index (κ1) is 20.2. The van der Waals surface area contributed by atoms with Gasteiger partial charge in [0.2, 0.25) is 0 Å². The number of amides is 1. The fourth-order valence-electron chi connectivity index (χ4n) is 4.00. The highest BCUT2D eigenvalue weighted by molar-refractivity contribution is 6.40. The number of primary amides is 1. The molecule has 0 unspecified atom stereocenters. The van der Waals surface area contributed by atoms with Gasteiger partial charge in [-0.05, 0) is 32.0 Å². The van der Waals surface area contributed by atoms with Gasteiger partial charge in [-0.3, -0.25) is 14.5 Å². The highest BCUT2D eigenvalue weighted by Crippen LogP contribution is 2.30. The normalized spacial score (nSPS) is 17.0. The third-order valence-electron chi connectivity index (χ3n) is 5.74. The van der Waals surface area contributed by atoms with Gasteiger partial charge in [-0.2, -0.15) is 0 Å². The van der Waals surface area contributed by atoms with Gasteiger partial charge in [0.15, 0.2) is 5.78 Å². The van der Waals surface area contributed by atoms with Crippen molar-refractivity contribution in [3.8, 4) is 0 Å². The third kappa shape index (κ3) is 3.82. The molecule has 1 saturated heterocycles. The summed E-state index contributed by atoms with van der Waals surface area (Å²) < 4.78 is 15.0. The summed E-state index contributed by atoms with van der Waals surface area (Å²) in [4.78, 5) is 36.1. The number of carbonyl (C=O) groups is 2. The highest BCUT2D eigenvalue weighted by Gasteiger charge is 2.24. The van der Waals surface area contributed by atoms with E-state index in [0.29, 0.717) is 29.1 Å². The average molecular weight is 409 g/mol. The van der Waals surface area contributed by atoms with Gasteiger partial charge in [0.25, 0.3) is 5.91 Å². The fraction of sp³-hybridized carbons (Fsp3) is 0.364. The Morgan fingerprint density at radius 1 is 1.13 bits per heavy atom. The van der Waals surface area contributed by atoms with Gasteiger partial charge in [0.05, 0.1) is 22.8 Å². The van der Waals surface area contributed by atoms with Crippen LogP contribution in [-0.2, 0) is 17.8 Å². The first-order chi connectivity index (χ1) is 14.3. The number of nitrogens with two attached hydrogens (primary N) is 1. The van der Waals surface area contributed by atoms with Crippen LogP contribution in [-0.4, -0.2) is 53.5 Å². The van der Waals surface area contributed by atoms with E-state index in [1.165, 1.54) is 0 Å². The van der Waals surface area contributed by atoms with Gasteiger partial charge in [-0.15, -0.1) is 0 Å². The Morgan fingerprint density at radius 3 is 2.53 bits per heavy atom. The Kier molecular flexibility index (Phi) is 5.34. The number of aliphatic imine (C=N–C) groups is 1. The molecule has 2 aliphatic rings. The van der Waals surface area contributed by atoms with Crippen molar-refractivity contribution >= 4 is 28.8 Å². The molecule has 0 atom stereocenters. The molecule has 0 radical (unpaired) electrons. The van der Waals surface area contributed by atoms with Crippen LogP contribution in [0, 0.1) is 12.7 Å². The Labute approximate surface area is 174 Å². The van der Waals surface area contributed by atoms with Crippen molar-refractivity contribution in [1.29, 1.82) is 0 Å². The molecule has 2 aromatic rings. The zero-order chi connectivity index (χ0) is 21.4. The first-order valence-corrected chi connectivity index (χ1v) is 9.97. The predicted molar refractivity (Wildman–Crippen MR) is 113 cm³/mol. The predicted octanol–water partition coefficient (Wildman–Crippen LogP) is 2.17. The molecular formula is C22H24FN5O2. The summed E-state index contributed by atoms with van der Waals surface area (Å²) in [6.45, 7) is 7.09. The number of rotatable bonds is 4. The van der Waals surface area contributed by atoms with E-state index >= 15 is 4.39 Å². The molecular weight excluding hydrogens is 385 g/mol. The van der Waals surface area contributed by atoms with Crippen LogP contribution in [0.4, 0.5) is 15.8 Å². The molecule has 8 heteroatoms. The Morgan fingerprint density at radius 2 is 1.87 bits per heavy atom. The Bertz CT molecular complexity index is 1060. The number of piperazine rings is 1. The number of aromatic nitrogens is 1. The first-order valence-electron chi connectivity index (χ1n) is 9.97. The van der Waals surface area contributed by atoms with Crippen LogP contribution in [0.15, 0.2) is 29.3 Å². The van der Waals surface area contributed by atoms with Crippen molar-refractivity contribution in [3.05, 3.63) is 52.6 Å². The van der Waals surface area contributed by atoms with Crippen LogP contribution in [0.25, 0.3) is 0 Å². The van der Waals surface area contributed by atoms with E-state index in [1.807, 2.05) is 13.0 Å². The lowest BCUT2D eigenvalue weighted by molar-refractivity contribution is -0.112. The van der Waals surface area contributed by atoms with Crippen LogP contribution >= 0.6 is 0 Å². The van der Waals surface area contributed by atoms with Crippen LogP contribution in [0.1, 0.15) is 34.2 Å². The molecule has 4 rings (SSSR count). The molecule has 0 bridgehead atoms. The second-order valence-electron chi connectivity index (χ2n) is 7.76. The molecule has 0 aliphatic carbocycles. The summed E-state index contributed by atoms with van der Waals surface area (Å²) in [6.07, 6.45) is 0.0751. The zero-order valence-electron chi connectivity index (χ0n) is 17.1. The van der Waals surface area contributed by atoms with Crippen LogP contribution < -0.4 is 10.6 Å². The monoisotopic (exact) mass is 409 g/mol. The van der Waals surface area contributed by atoms with Gasteiger partial charge in [-0.1, -0.05) is 6.07 Å². The maximum absolute atomic E-state index is 15.0. The molecule has 1 fully saturated rings. The van der Waals surface area contributed by atoms with Gasteiger partial charge < -0.3 is 10.6 Å². The van der Waals surface area contributed by atoms with Crippen molar-refractivity contribution in [2.45, 2.75) is 26.8 Å². The lowest BCUT2D eigenvalue weighted by Crippen LogP contribution is -2.46. The number of benzene rings is 1. The quantitative estimate of drug-likeness (QED) is 0.836. The largest absolute Gasteiger partial charge is 0.368 e. The number of anilines is 1. The third-order valence-corrected chi connectivity index (χ3v) is 5.74. The number of ketones is 1. The zero-order valence-corrected chi connectivity index (χ0v) is 17.1. The maximum atomic E-state index is 15.0. The van der Waals surface area contributed by atoms with Crippen molar-refractivity contribution in [2.75, 3.05) is 31.1 Å². The molecule has 156 valence electrons. The van der Waals surface area contributed by atoms with Crippen molar-refractivity contribution in [3.63, 3.8) is 0 Å². The number of pyridine rings is 1. The van der Waals surface area contributed by atoms with E-state index < -0.39 is 5.91 Å². The maximum Gasteiger partial charge on any atom is 0.267 e. The van der Waals surface area contributed by atoms with Crippen LogP contribution in [0.5, 0.6) is 0 Å². The van der Waals surface area contributed by atoms with E-state index in [1.54, 1.807) is 25.1 Å². The number of nitrogens with zero attached hydrogens (tertiary/aromatic N) is 4. The number of Topliss-reactive ketones (excluding diaryl/α,β-unsaturated/α-hetero) is 1. The molecule has 0 spiro atoms. The van der Waals surface area contributed by atoms with E-state index in [0.717, 1.165) is 37.6 Å². The summed E-state index contributed by atoms with van der Waals surface area (Å²) in [7, 11) is 0. The van der Waals surface area contributed by atoms with Gasteiger partial charge in [0.1, 0.15) is 11.5 Å². The van der Waals surface area contributed by atoms with Crippen LogP contribution in [0.2, 0.25) is 0 Å². The van der Waals surface area contributed by atoms with E-state index in [2.05, 4.69) is 19.8 Å². The topological polar surface area (TPSA) is 91.9 Å². The second kappa shape index (κ2) is 7.95. The minimum Gasteiger partial charge on any atom is -0.368 e. The SMILES string of the molecule is CC1=Nc2ccc(CN3CCN(c4ccc(C(N)=O)nc4C)CC3)c(F)c2CC1=O. The molecule has 0 saturated carbocycles. The Hall–Kier alpha value is -3.13. The highest BCUT2D eigenvalue weighted by atomic mass is 19.1.